The fraction of sp³-hybridized carbons (Fsp3) is 0.368. The Morgan fingerprint density at radius 3 is 2.77 bits per heavy atom. The van der Waals surface area contributed by atoms with Crippen molar-refractivity contribution in [3.8, 4) is 0 Å². The van der Waals surface area contributed by atoms with E-state index in [0.29, 0.717) is 18.1 Å². The zero-order valence-electron chi connectivity index (χ0n) is 15.4. The van der Waals surface area contributed by atoms with E-state index in [2.05, 4.69) is 27.5 Å². The van der Waals surface area contributed by atoms with Gasteiger partial charge < -0.3 is 15.1 Å². The number of aromatic nitrogens is 1. The molecule has 0 spiro atoms. The molecule has 3 rings (SSSR count). The van der Waals surface area contributed by atoms with Crippen molar-refractivity contribution in [3.05, 3.63) is 50.9 Å². The van der Waals surface area contributed by atoms with E-state index in [1.165, 1.54) is 17.0 Å². The highest BCUT2D eigenvalue weighted by Crippen LogP contribution is 2.25. The zero-order chi connectivity index (χ0) is 18.7. The number of nitrogens with one attached hydrogen (secondary N) is 2. The summed E-state index contributed by atoms with van der Waals surface area (Å²) in [4.78, 5) is 10.0. The number of hydrogen-bond donors (Lipinski definition) is 2. The van der Waals surface area contributed by atoms with E-state index in [4.69, 9.17) is 4.42 Å². The van der Waals surface area contributed by atoms with Crippen LogP contribution in [0.1, 0.15) is 26.9 Å². The molecule has 7 heteroatoms. The number of fused-ring (bicyclic) bond motifs is 1. The molecule has 0 fully saturated rings. The molecule has 2 aromatic heterocycles. The van der Waals surface area contributed by atoms with Crippen molar-refractivity contribution in [2.45, 2.75) is 33.7 Å². The normalized spacial score (nSPS) is 12.0. The molecular weight excluding hydrogens is 351 g/mol. The van der Waals surface area contributed by atoms with Crippen LogP contribution in [-0.2, 0) is 13.0 Å². The number of thiazole rings is 1. The summed E-state index contributed by atoms with van der Waals surface area (Å²) in [6.45, 7) is 7.29. The van der Waals surface area contributed by atoms with E-state index >= 15 is 0 Å². The summed E-state index contributed by atoms with van der Waals surface area (Å²) >= 11 is 1.73. The van der Waals surface area contributed by atoms with Crippen LogP contribution in [0, 0.1) is 26.6 Å². The van der Waals surface area contributed by atoms with Crippen LogP contribution < -0.4 is 10.6 Å². The molecule has 0 aliphatic rings. The van der Waals surface area contributed by atoms with Crippen LogP contribution in [0.2, 0.25) is 0 Å². The second kappa shape index (κ2) is 7.86. The van der Waals surface area contributed by atoms with Gasteiger partial charge in [-0.2, -0.15) is 0 Å². The van der Waals surface area contributed by atoms with E-state index in [1.807, 2.05) is 13.8 Å². The van der Waals surface area contributed by atoms with E-state index in [0.717, 1.165) is 40.4 Å². The molecule has 0 radical (unpaired) electrons. The van der Waals surface area contributed by atoms with Gasteiger partial charge in [0.25, 0.3) is 0 Å². The average Bonchev–Trinajstić information content (AvgIpc) is 3.10. The molecule has 0 amide bonds. The summed E-state index contributed by atoms with van der Waals surface area (Å²) in [5.41, 5.74) is 2.73. The molecule has 0 aliphatic heterocycles. The van der Waals surface area contributed by atoms with Gasteiger partial charge in [-0.15, -0.1) is 11.3 Å². The second-order valence-electron chi connectivity index (χ2n) is 6.14. The van der Waals surface area contributed by atoms with Gasteiger partial charge in [0.1, 0.15) is 17.2 Å². The van der Waals surface area contributed by atoms with Gasteiger partial charge in [-0.25, -0.2) is 9.37 Å². The number of furan rings is 1. The number of benzene rings is 1. The van der Waals surface area contributed by atoms with Gasteiger partial charge in [0.2, 0.25) is 0 Å². The molecule has 138 valence electrons. The summed E-state index contributed by atoms with van der Waals surface area (Å²) in [5.74, 6) is 1.21. The van der Waals surface area contributed by atoms with Gasteiger partial charge in [0.15, 0.2) is 5.96 Å². The first-order chi connectivity index (χ1) is 12.5. The maximum atomic E-state index is 13.4. The van der Waals surface area contributed by atoms with Crippen LogP contribution in [0.25, 0.3) is 11.0 Å². The van der Waals surface area contributed by atoms with Crippen molar-refractivity contribution in [2.75, 3.05) is 13.6 Å². The summed E-state index contributed by atoms with van der Waals surface area (Å²) in [5, 5.41) is 8.45. The van der Waals surface area contributed by atoms with Crippen molar-refractivity contribution in [2.24, 2.45) is 4.99 Å². The number of aliphatic imine (C=N–C) groups is 1. The van der Waals surface area contributed by atoms with Crippen molar-refractivity contribution >= 4 is 28.3 Å². The molecule has 0 saturated carbocycles. The quantitative estimate of drug-likeness (QED) is 0.526. The van der Waals surface area contributed by atoms with Crippen LogP contribution in [0.3, 0.4) is 0 Å². The van der Waals surface area contributed by atoms with Gasteiger partial charge >= 0.3 is 0 Å². The minimum absolute atomic E-state index is 0.258. The van der Waals surface area contributed by atoms with Crippen molar-refractivity contribution in [1.29, 1.82) is 0 Å². The Labute approximate surface area is 156 Å². The molecule has 0 atom stereocenters. The average molecular weight is 374 g/mol. The fourth-order valence-electron chi connectivity index (χ4n) is 2.73. The standard InChI is InChI=1S/C19H23FN4OS/c1-11-15-9-14(20)5-6-16(15)25-17(11)10-23-19(21-4)22-8-7-18-24-12(2)13(3)26-18/h5-6,9H,7-8,10H2,1-4H3,(H2,21,22,23). The van der Waals surface area contributed by atoms with Crippen LogP contribution in [0.5, 0.6) is 0 Å². The number of nitrogens with zero attached hydrogens (tertiary/aromatic N) is 2. The Bertz CT molecular complexity index is 925. The lowest BCUT2D eigenvalue weighted by molar-refractivity contribution is 0.534. The summed E-state index contributed by atoms with van der Waals surface area (Å²) in [7, 11) is 1.73. The molecule has 0 unspecified atom stereocenters. The molecule has 3 aromatic rings. The molecule has 2 N–H and O–H groups in total. The summed E-state index contributed by atoms with van der Waals surface area (Å²) < 4.78 is 19.2. The lowest BCUT2D eigenvalue weighted by Crippen LogP contribution is -2.37. The van der Waals surface area contributed by atoms with E-state index in [1.54, 1.807) is 24.5 Å². The Hall–Kier alpha value is -2.41. The van der Waals surface area contributed by atoms with Crippen LogP contribution in [0.4, 0.5) is 4.39 Å². The highest BCUT2D eigenvalue weighted by molar-refractivity contribution is 7.11. The summed E-state index contributed by atoms with van der Waals surface area (Å²) in [6, 6.07) is 4.57. The van der Waals surface area contributed by atoms with Crippen LogP contribution >= 0.6 is 11.3 Å². The van der Waals surface area contributed by atoms with Gasteiger partial charge in [-0.1, -0.05) is 0 Å². The third-order valence-corrected chi connectivity index (χ3v) is 5.47. The summed E-state index contributed by atoms with van der Waals surface area (Å²) in [6.07, 6.45) is 0.850. The minimum Gasteiger partial charge on any atom is -0.459 e. The first-order valence-electron chi connectivity index (χ1n) is 8.53. The number of rotatable bonds is 5. The van der Waals surface area contributed by atoms with Crippen molar-refractivity contribution in [1.82, 2.24) is 15.6 Å². The Kier molecular flexibility index (Phi) is 5.56. The van der Waals surface area contributed by atoms with E-state index in [-0.39, 0.29) is 5.82 Å². The molecule has 0 bridgehead atoms. The molecule has 0 aliphatic carbocycles. The predicted molar refractivity (Wildman–Crippen MR) is 104 cm³/mol. The predicted octanol–water partition coefficient (Wildman–Crippen LogP) is 3.86. The molecule has 26 heavy (non-hydrogen) atoms. The van der Waals surface area contributed by atoms with Gasteiger partial charge in [0, 0.05) is 35.8 Å². The number of guanidine groups is 1. The lowest BCUT2D eigenvalue weighted by atomic mass is 10.1. The highest BCUT2D eigenvalue weighted by Gasteiger charge is 2.12. The largest absolute Gasteiger partial charge is 0.459 e. The van der Waals surface area contributed by atoms with Gasteiger partial charge in [-0.05, 0) is 39.0 Å². The maximum absolute atomic E-state index is 13.4. The second-order valence-corrected chi connectivity index (χ2v) is 7.43. The van der Waals surface area contributed by atoms with Crippen LogP contribution in [0.15, 0.2) is 27.6 Å². The monoisotopic (exact) mass is 374 g/mol. The Morgan fingerprint density at radius 1 is 1.27 bits per heavy atom. The minimum atomic E-state index is -0.258. The van der Waals surface area contributed by atoms with E-state index in [9.17, 15) is 4.39 Å². The molecule has 5 nitrogen and oxygen atoms in total. The first-order valence-corrected chi connectivity index (χ1v) is 9.34. The number of hydrogen-bond acceptors (Lipinski definition) is 4. The maximum Gasteiger partial charge on any atom is 0.191 e. The number of aryl methyl sites for hydroxylation is 3. The third kappa shape index (κ3) is 4.04. The van der Waals surface area contributed by atoms with E-state index < -0.39 is 0 Å². The highest BCUT2D eigenvalue weighted by atomic mass is 32.1. The molecule has 2 heterocycles. The Balaban J connectivity index is 1.56. The third-order valence-electron chi connectivity index (χ3n) is 4.34. The topological polar surface area (TPSA) is 62.5 Å². The Morgan fingerprint density at radius 2 is 2.08 bits per heavy atom. The molecule has 0 saturated heterocycles. The van der Waals surface area contributed by atoms with Crippen LogP contribution in [-0.4, -0.2) is 24.5 Å². The van der Waals surface area contributed by atoms with Crippen molar-refractivity contribution in [3.63, 3.8) is 0 Å². The molecule has 1 aromatic carbocycles. The van der Waals surface area contributed by atoms with Crippen molar-refractivity contribution < 1.29 is 8.81 Å². The fourth-order valence-corrected chi connectivity index (χ4v) is 3.66. The SMILES string of the molecule is CN=C(NCCc1nc(C)c(C)s1)NCc1oc2ccc(F)cc2c1C. The first kappa shape index (κ1) is 18.4. The number of halogens is 1. The smallest absolute Gasteiger partial charge is 0.191 e. The van der Waals surface area contributed by atoms with Gasteiger partial charge in [0.05, 0.1) is 17.2 Å². The zero-order valence-corrected chi connectivity index (χ0v) is 16.3. The molecular formula is C19H23FN4OS. The lowest BCUT2D eigenvalue weighted by Gasteiger charge is -2.10. The van der Waals surface area contributed by atoms with Gasteiger partial charge in [-0.3, -0.25) is 4.99 Å².